The molecule has 0 saturated carbocycles. The van der Waals surface area contributed by atoms with Crippen molar-refractivity contribution in [1.82, 2.24) is 14.9 Å². The first kappa shape index (κ1) is 16.7. The van der Waals surface area contributed by atoms with Crippen molar-refractivity contribution < 1.29 is 9.53 Å². The van der Waals surface area contributed by atoms with Crippen LogP contribution in [0.3, 0.4) is 0 Å². The number of methoxy groups -OCH3 is 1. The predicted octanol–water partition coefficient (Wildman–Crippen LogP) is 1.06. The zero-order chi connectivity index (χ0) is 17.2. The number of carbonyl (C=O) groups is 1. The molecule has 128 valence electrons. The van der Waals surface area contributed by atoms with E-state index in [1.807, 2.05) is 11.0 Å². The lowest BCUT2D eigenvalue weighted by Gasteiger charge is -2.43. The maximum absolute atomic E-state index is 11.8. The summed E-state index contributed by atoms with van der Waals surface area (Å²) in [7, 11) is 1.73. The number of carbonyl (C=O) groups excluding carboxylic acids is 1. The quantitative estimate of drug-likeness (QED) is 0.825. The van der Waals surface area contributed by atoms with E-state index in [-0.39, 0.29) is 17.1 Å². The van der Waals surface area contributed by atoms with Crippen LogP contribution in [0.15, 0.2) is 12.4 Å². The molecule has 0 aromatic carbocycles. The summed E-state index contributed by atoms with van der Waals surface area (Å²) in [6.07, 6.45) is 5.47. The fourth-order valence-corrected chi connectivity index (χ4v) is 4.02. The van der Waals surface area contributed by atoms with E-state index in [1.165, 1.54) is 0 Å². The number of likely N-dealkylation sites (tertiary alicyclic amines) is 1. The van der Waals surface area contributed by atoms with Gasteiger partial charge >= 0.3 is 0 Å². The second kappa shape index (κ2) is 6.73. The van der Waals surface area contributed by atoms with E-state index in [4.69, 9.17) is 10.00 Å². The molecule has 1 aromatic rings. The van der Waals surface area contributed by atoms with Crippen LogP contribution in [0.25, 0.3) is 0 Å². The fourth-order valence-electron chi connectivity index (χ4n) is 4.02. The summed E-state index contributed by atoms with van der Waals surface area (Å²) in [6, 6.07) is 1.94. The molecule has 2 fully saturated rings. The van der Waals surface area contributed by atoms with Gasteiger partial charge in [-0.05, 0) is 18.3 Å². The zero-order valence-electron chi connectivity index (χ0n) is 14.2. The van der Waals surface area contributed by atoms with Gasteiger partial charge in [-0.1, -0.05) is 0 Å². The Morgan fingerprint density at radius 3 is 2.62 bits per heavy atom. The van der Waals surface area contributed by atoms with Crippen molar-refractivity contribution in [3.63, 3.8) is 0 Å². The molecule has 1 aromatic heterocycles. The Kier molecular flexibility index (Phi) is 4.67. The highest BCUT2D eigenvalue weighted by atomic mass is 16.5. The van der Waals surface area contributed by atoms with Gasteiger partial charge in [0, 0.05) is 46.1 Å². The number of piperidine rings is 1. The van der Waals surface area contributed by atoms with E-state index >= 15 is 0 Å². The highest BCUT2D eigenvalue weighted by Gasteiger charge is 2.48. The first-order valence-corrected chi connectivity index (χ1v) is 8.29. The number of nitriles is 1. The Morgan fingerprint density at radius 1 is 1.42 bits per heavy atom. The van der Waals surface area contributed by atoms with Crippen molar-refractivity contribution in [2.45, 2.75) is 19.8 Å². The lowest BCUT2D eigenvalue weighted by molar-refractivity contribution is -0.128. The average molecular weight is 329 g/mol. The molecule has 24 heavy (non-hydrogen) atoms. The van der Waals surface area contributed by atoms with E-state index < -0.39 is 0 Å². The molecule has 0 unspecified atom stereocenters. The molecule has 7 heteroatoms. The minimum atomic E-state index is 0.144. The number of hydrogen-bond donors (Lipinski definition) is 0. The zero-order valence-corrected chi connectivity index (χ0v) is 14.2. The van der Waals surface area contributed by atoms with Crippen LogP contribution >= 0.6 is 0 Å². The molecule has 0 N–H and O–H groups in total. The van der Waals surface area contributed by atoms with Crippen LogP contribution in [0.5, 0.6) is 0 Å². The van der Waals surface area contributed by atoms with Crippen molar-refractivity contribution >= 4 is 11.6 Å². The fraction of sp³-hybridized carbons (Fsp3) is 0.647. The highest BCUT2D eigenvalue weighted by molar-refractivity contribution is 5.73. The summed E-state index contributed by atoms with van der Waals surface area (Å²) >= 11 is 0. The Labute approximate surface area is 142 Å². The van der Waals surface area contributed by atoms with Crippen molar-refractivity contribution in [1.29, 1.82) is 5.26 Å². The summed E-state index contributed by atoms with van der Waals surface area (Å²) in [5.41, 5.74) is 1.10. The van der Waals surface area contributed by atoms with Crippen molar-refractivity contribution in [2.24, 2.45) is 11.3 Å². The van der Waals surface area contributed by atoms with Gasteiger partial charge in [-0.3, -0.25) is 4.79 Å². The lowest BCUT2D eigenvalue weighted by atomic mass is 9.71. The number of amides is 1. The lowest BCUT2D eigenvalue weighted by Crippen LogP contribution is -2.45. The van der Waals surface area contributed by atoms with E-state index in [1.54, 1.807) is 26.4 Å². The molecule has 2 saturated heterocycles. The van der Waals surface area contributed by atoms with Gasteiger partial charge in [-0.25, -0.2) is 9.97 Å². The SMILES string of the molecule is COC[C@H]1CN(C(C)=O)CC12CCN(c1cnc(C#N)nc1)CC2. The molecule has 1 amide bonds. The van der Waals surface area contributed by atoms with E-state index in [0.29, 0.717) is 12.5 Å². The average Bonchev–Trinajstić information content (AvgIpc) is 2.95. The molecule has 1 atom stereocenters. The molecular weight excluding hydrogens is 306 g/mol. The molecule has 2 aliphatic heterocycles. The van der Waals surface area contributed by atoms with E-state index in [2.05, 4.69) is 14.9 Å². The Hall–Kier alpha value is -2.20. The standard InChI is InChI=1S/C17H23N5O2/c1-13(23)22-10-14(11-24-2)17(12-22)3-5-21(6-4-17)15-8-19-16(7-18)20-9-15/h8-9,14H,3-6,10-12H2,1-2H3/t14-/m1/s1. The normalized spacial score (nSPS) is 22.6. The first-order valence-electron chi connectivity index (χ1n) is 8.29. The Morgan fingerprint density at radius 2 is 2.08 bits per heavy atom. The molecule has 3 rings (SSSR count). The number of ether oxygens (including phenoxy) is 1. The Balaban J connectivity index is 1.70. The van der Waals surface area contributed by atoms with Gasteiger partial charge in [-0.15, -0.1) is 0 Å². The predicted molar refractivity (Wildman–Crippen MR) is 88.2 cm³/mol. The molecule has 1 spiro atoms. The van der Waals surface area contributed by atoms with Gasteiger partial charge in [0.2, 0.25) is 11.7 Å². The maximum atomic E-state index is 11.8. The second-order valence-corrected chi connectivity index (χ2v) is 6.78. The van der Waals surface area contributed by atoms with Gasteiger partial charge in [0.25, 0.3) is 0 Å². The smallest absolute Gasteiger partial charge is 0.232 e. The van der Waals surface area contributed by atoms with E-state index in [9.17, 15) is 4.79 Å². The van der Waals surface area contributed by atoms with Crippen molar-refractivity contribution in [2.75, 3.05) is 44.8 Å². The molecule has 0 radical (unpaired) electrons. The summed E-state index contributed by atoms with van der Waals surface area (Å²) in [4.78, 5) is 24.1. The summed E-state index contributed by atoms with van der Waals surface area (Å²) in [5, 5.41) is 8.79. The molecular formula is C17H23N5O2. The summed E-state index contributed by atoms with van der Waals surface area (Å²) in [5.74, 6) is 0.738. The monoisotopic (exact) mass is 329 g/mol. The second-order valence-electron chi connectivity index (χ2n) is 6.78. The molecule has 0 bridgehead atoms. The van der Waals surface area contributed by atoms with Crippen LogP contribution in [0.1, 0.15) is 25.6 Å². The largest absolute Gasteiger partial charge is 0.384 e. The first-order chi connectivity index (χ1) is 11.6. The number of hydrogen-bond acceptors (Lipinski definition) is 6. The van der Waals surface area contributed by atoms with Crippen LogP contribution < -0.4 is 4.90 Å². The third-order valence-corrected chi connectivity index (χ3v) is 5.49. The molecule has 2 aliphatic rings. The van der Waals surface area contributed by atoms with E-state index in [0.717, 1.165) is 44.7 Å². The van der Waals surface area contributed by atoms with Gasteiger partial charge in [0.05, 0.1) is 24.7 Å². The number of anilines is 1. The van der Waals surface area contributed by atoms with Crippen LogP contribution in [-0.2, 0) is 9.53 Å². The summed E-state index contributed by atoms with van der Waals surface area (Å²) < 4.78 is 5.42. The molecule has 7 nitrogen and oxygen atoms in total. The van der Waals surface area contributed by atoms with Crippen LogP contribution in [0.2, 0.25) is 0 Å². The van der Waals surface area contributed by atoms with Crippen molar-refractivity contribution in [3.8, 4) is 6.07 Å². The summed E-state index contributed by atoms with van der Waals surface area (Å²) in [6.45, 7) is 5.77. The third kappa shape index (κ3) is 3.06. The minimum absolute atomic E-state index is 0.144. The third-order valence-electron chi connectivity index (χ3n) is 5.49. The number of rotatable bonds is 3. The number of aromatic nitrogens is 2. The topological polar surface area (TPSA) is 82.4 Å². The van der Waals surface area contributed by atoms with Gasteiger partial charge in [-0.2, -0.15) is 5.26 Å². The van der Waals surface area contributed by atoms with Gasteiger partial charge in [0.1, 0.15) is 6.07 Å². The molecule has 3 heterocycles. The highest BCUT2D eigenvalue weighted by Crippen LogP contribution is 2.45. The van der Waals surface area contributed by atoms with Gasteiger partial charge in [0.15, 0.2) is 0 Å². The number of nitrogens with zero attached hydrogens (tertiary/aromatic N) is 5. The van der Waals surface area contributed by atoms with Crippen LogP contribution in [0.4, 0.5) is 5.69 Å². The van der Waals surface area contributed by atoms with Gasteiger partial charge < -0.3 is 14.5 Å². The Bertz CT molecular complexity index is 631. The maximum Gasteiger partial charge on any atom is 0.232 e. The van der Waals surface area contributed by atoms with Crippen LogP contribution in [0, 0.1) is 22.7 Å². The van der Waals surface area contributed by atoms with Crippen molar-refractivity contribution in [3.05, 3.63) is 18.2 Å². The van der Waals surface area contributed by atoms with Crippen LogP contribution in [-0.4, -0.2) is 60.7 Å². The molecule has 0 aliphatic carbocycles. The minimum Gasteiger partial charge on any atom is -0.384 e.